The van der Waals surface area contributed by atoms with Gasteiger partial charge in [0, 0.05) is 17.6 Å². The third-order valence-electron chi connectivity index (χ3n) is 2.48. The van der Waals surface area contributed by atoms with E-state index in [1.807, 2.05) is 20.0 Å². The van der Waals surface area contributed by atoms with Crippen LogP contribution in [0.2, 0.25) is 0 Å². The lowest BCUT2D eigenvalue weighted by atomic mass is 10.1. The molecule has 1 aromatic heterocycles. The van der Waals surface area contributed by atoms with E-state index in [0.717, 1.165) is 17.8 Å². The number of likely N-dealkylation sites (N-methyl/N-ethyl adjacent to an activating group) is 1. The van der Waals surface area contributed by atoms with Crippen LogP contribution in [-0.2, 0) is 0 Å². The van der Waals surface area contributed by atoms with Crippen LogP contribution in [0.5, 0.6) is 0 Å². The average Bonchev–Trinajstić information content (AvgIpc) is 2.29. The van der Waals surface area contributed by atoms with Gasteiger partial charge in [0.2, 0.25) is 0 Å². The van der Waals surface area contributed by atoms with Gasteiger partial charge in [-0.1, -0.05) is 24.3 Å². The van der Waals surface area contributed by atoms with E-state index in [1.54, 1.807) is 0 Å². The summed E-state index contributed by atoms with van der Waals surface area (Å²) in [5.41, 5.74) is 3.34. The van der Waals surface area contributed by atoms with E-state index in [2.05, 4.69) is 46.7 Å². The molecule has 2 rings (SSSR count). The van der Waals surface area contributed by atoms with Crippen molar-refractivity contribution in [3.63, 3.8) is 0 Å². The third-order valence-corrected chi connectivity index (χ3v) is 2.48. The second-order valence-electron chi connectivity index (χ2n) is 3.86. The Morgan fingerprint density at radius 3 is 2.94 bits per heavy atom. The molecule has 0 aliphatic rings. The van der Waals surface area contributed by atoms with Gasteiger partial charge in [0.05, 0.1) is 5.52 Å². The van der Waals surface area contributed by atoms with Crippen molar-refractivity contribution < 1.29 is 0 Å². The molecule has 2 nitrogen and oxygen atoms in total. The zero-order chi connectivity index (χ0) is 11.4. The van der Waals surface area contributed by atoms with Gasteiger partial charge in [0.25, 0.3) is 0 Å². The molecule has 0 saturated carbocycles. The van der Waals surface area contributed by atoms with Gasteiger partial charge < -0.3 is 5.32 Å². The summed E-state index contributed by atoms with van der Waals surface area (Å²) in [4.78, 5) is 4.48. The Hall–Kier alpha value is -1.67. The fourth-order valence-electron chi connectivity index (χ4n) is 1.66. The fraction of sp³-hybridized carbons (Fsp3) is 0.214. The number of hydrogen-bond acceptors (Lipinski definition) is 2. The lowest BCUT2D eigenvalue weighted by Gasteiger charge is -2.00. The topological polar surface area (TPSA) is 24.9 Å². The molecule has 0 spiro atoms. The van der Waals surface area contributed by atoms with Crippen LogP contribution >= 0.6 is 0 Å². The standard InChI is InChI=1S/C14H16N2/c1-11-5-7-13-10-12(4-3-9-15-2)6-8-14(13)16-11/h3-8,10,15H,9H2,1-2H3. The highest BCUT2D eigenvalue weighted by atomic mass is 14.8. The van der Waals surface area contributed by atoms with Crippen LogP contribution in [-0.4, -0.2) is 18.6 Å². The summed E-state index contributed by atoms with van der Waals surface area (Å²) in [7, 11) is 1.94. The van der Waals surface area contributed by atoms with Crippen molar-refractivity contribution in [2.45, 2.75) is 6.92 Å². The Morgan fingerprint density at radius 1 is 1.25 bits per heavy atom. The number of nitrogens with zero attached hydrogens (tertiary/aromatic N) is 1. The summed E-state index contributed by atoms with van der Waals surface area (Å²) in [6.07, 6.45) is 4.23. The maximum absolute atomic E-state index is 4.48. The summed E-state index contributed by atoms with van der Waals surface area (Å²) in [6, 6.07) is 10.5. The molecule has 0 aliphatic carbocycles. The van der Waals surface area contributed by atoms with Crippen molar-refractivity contribution >= 4 is 17.0 Å². The summed E-state index contributed by atoms with van der Waals surface area (Å²) in [5.74, 6) is 0. The molecule has 0 amide bonds. The molecule has 0 aliphatic heterocycles. The Morgan fingerprint density at radius 2 is 2.12 bits per heavy atom. The number of hydrogen-bond donors (Lipinski definition) is 1. The molecule has 0 fully saturated rings. The molecule has 2 heteroatoms. The second-order valence-corrected chi connectivity index (χ2v) is 3.86. The van der Waals surface area contributed by atoms with Crippen LogP contribution in [0.4, 0.5) is 0 Å². The zero-order valence-electron chi connectivity index (χ0n) is 9.70. The molecule has 2 aromatic rings. The van der Waals surface area contributed by atoms with Crippen molar-refractivity contribution in [3.8, 4) is 0 Å². The fourth-order valence-corrected chi connectivity index (χ4v) is 1.66. The molecule has 82 valence electrons. The minimum absolute atomic E-state index is 0.893. The van der Waals surface area contributed by atoms with E-state index in [4.69, 9.17) is 0 Å². The van der Waals surface area contributed by atoms with E-state index in [0.29, 0.717) is 0 Å². The lowest BCUT2D eigenvalue weighted by Crippen LogP contribution is -2.03. The van der Waals surface area contributed by atoms with Crippen molar-refractivity contribution in [2.75, 3.05) is 13.6 Å². The largest absolute Gasteiger partial charge is 0.316 e. The monoisotopic (exact) mass is 212 g/mol. The number of rotatable bonds is 3. The molecule has 0 saturated heterocycles. The predicted molar refractivity (Wildman–Crippen MR) is 69.4 cm³/mol. The average molecular weight is 212 g/mol. The number of nitrogens with one attached hydrogen (secondary N) is 1. The van der Waals surface area contributed by atoms with E-state index in [-0.39, 0.29) is 0 Å². The summed E-state index contributed by atoms with van der Waals surface area (Å²) < 4.78 is 0. The summed E-state index contributed by atoms with van der Waals surface area (Å²) in [6.45, 7) is 2.91. The number of pyridine rings is 1. The number of aryl methyl sites for hydroxylation is 1. The zero-order valence-corrected chi connectivity index (χ0v) is 9.70. The summed E-state index contributed by atoms with van der Waals surface area (Å²) in [5, 5.41) is 4.28. The van der Waals surface area contributed by atoms with Crippen molar-refractivity contribution in [1.29, 1.82) is 0 Å². The normalized spacial score (nSPS) is 11.4. The smallest absolute Gasteiger partial charge is 0.0705 e. The van der Waals surface area contributed by atoms with Crippen LogP contribution in [0, 0.1) is 6.92 Å². The van der Waals surface area contributed by atoms with Gasteiger partial charge in [-0.2, -0.15) is 0 Å². The molecule has 0 radical (unpaired) electrons. The van der Waals surface area contributed by atoms with Crippen LogP contribution in [0.1, 0.15) is 11.3 Å². The van der Waals surface area contributed by atoms with E-state index in [9.17, 15) is 0 Å². The highest BCUT2D eigenvalue weighted by molar-refractivity contribution is 5.81. The number of benzene rings is 1. The first-order valence-corrected chi connectivity index (χ1v) is 5.48. The quantitative estimate of drug-likeness (QED) is 0.846. The van der Waals surface area contributed by atoms with Crippen LogP contribution in [0.25, 0.3) is 17.0 Å². The lowest BCUT2D eigenvalue weighted by molar-refractivity contribution is 0.922. The van der Waals surface area contributed by atoms with Crippen molar-refractivity contribution in [3.05, 3.63) is 47.7 Å². The van der Waals surface area contributed by atoms with Crippen molar-refractivity contribution in [1.82, 2.24) is 10.3 Å². The minimum atomic E-state index is 0.893. The molecular formula is C14H16N2. The Kier molecular flexibility index (Phi) is 3.32. The SMILES string of the molecule is CNCC=Cc1ccc2nc(C)ccc2c1. The molecule has 16 heavy (non-hydrogen) atoms. The summed E-state index contributed by atoms with van der Waals surface area (Å²) >= 11 is 0. The predicted octanol–water partition coefficient (Wildman–Crippen LogP) is 2.78. The van der Waals surface area contributed by atoms with Gasteiger partial charge in [0.1, 0.15) is 0 Å². The van der Waals surface area contributed by atoms with E-state index in [1.165, 1.54) is 10.9 Å². The highest BCUT2D eigenvalue weighted by Gasteiger charge is 1.95. The van der Waals surface area contributed by atoms with Crippen LogP contribution in [0.15, 0.2) is 36.4 Å². The maximum atomic E-state index is 4.48. The third kappa shape index (κ3) is 2.47. The number of fused-ring (bicyclic) bond motifs is 1. The molecule has 0 atom stereocenters. The first-order valence-electron chi connectivity index (χ1n) is 5.48. The maximum Gasteiger partial charge on any atom is 0.0705 e. The van der Waals surface area contributed by atoms with Crippen molar-refractivity contribution in [2.24, 2.45) is 0 Å². The minimum Gasteiger partial charge on any atom is -0.316 e. The highest BCUT2D eigenvalue weighted by Crippen LogP contribution is 2.15. The second kappa shape index (κ2) is 4.90. The van der Waals surface area contributed by atoms with Gasteiger partial charge in [-0.25, -0.2) is 0 Å². The Bertz CT molecular complexity index is 515. The van der Waals surface area contributed by atoms with Gasteiger partial charge in [-0.3, -0.25) is 4.98 Å². The molecule has 1 heterocycles. The van der Waals surface area contributed by atoms with E-state index < -0.39 is 0 Å². The van der Waals surface area contributed by atoms with Gasteiger partial charge in [0.15, 0.2) is 0 Å². The van der Waals surface area contributed by atoms with Gasteiger partial charge >= 0.3 is 0 Å². The Labute approximate surface area is 96.0 Å². The van der Waals surface area contributed by atoms with Gasteiger partial charge in [-0.05, 0) is 37.7 Å². The number of aromatic nitrogens is 1. The first kappa shape index (κ1) is 10.8. The van der Waals surface area contributed by atoms with Crippen LogP contribution < -0.4 is 5.32 Å². The first-order chi connectivity index (χ1) is 7.79. The molecular weight excluding hydrogens is 196 g/mol. The molecule has 1 aromatic carbocycles. The van der Waals surface area contributed by atoms with E-state index >= 15 is 0 Å². The Balaban J connectivity index is 2.33. The van der Waals surface area contributed by atoms with Gasteiger partial charge in [-0.15, -0.1) is 0 Å². The molecule has 0 unspecified atom stereocenters. The molecule has 0 bridgehead atoms. The van der Waals surface area contributed by atoms with Crippen LogP contribution in [0.3, 0.4) is 0 Å². The molecule has 1 N–H and O–H groups in total.